The molecule has 21 heavy (non-hydrogen) atoms. The van der Waals surface area contributed by atoms with Crippen LogP contribution in [0.15, 0.2) is 12.3 Å². The molecule has 1 aliphatic rings. The molecule has 1 fully saturated rings. The second-order valence-corrected chi connectivity index (χ2v) is 5.11. The molecule has 0 aliphatic carbocycles. The van der Waals surface area contributed by atoms with E-state index in [9.17, 15) is 9.59 Å². The quantitative estimate of drug-likeness (QED) is 0.747. The van der Waals surface area contributed by atoms with E-state index in [2.05, 4.69) is 5.10 Å². The van der Waals surface area contributed by atoms with Crippen LogP contribution in [-0.4, -0.2) is 64.2 Å². The van der Waals surface area contributed by atoms with E-state index in [-0.39, 0.29) is 18.4 Å². The lowest BCUT2D eigenvalue weighted by Gasteiger charge is -2.38. The van der Waals surface area contributed by atoms with Crippen LogP contribution in [0.2, 0.25) is 0 Å². The van der Waals surface area contributed by atoms with Gasteiger partial charge in [0.15, 0.2) is 0 Å². The van der Waals surface area contributed by atoms with Crippen molar-refractivity contribution in [2.24, 2.45) is 0 Å². The molecule has 0 saturated carbocycles. The summed E-state index contributed by atoms with van der Waals surface area (Å²) >= 11 is 0. The number of nitrogens with zero attached hydrogens (tertiary/aromatic N) is 4. The summed E-state index contributed by atoms with van der Waals surface area (Å²) in [6.45, 7) is 5.92. The maximum absolute atomic E-state index is 12.3. The van der Waals surface area contributed by atoms with Crippen molar-refractivity contribution in [2.45, 2.75) is 33.0 Å². The summed E-state index contributed by atoms with van der Waals surface area (Å²) < 4.78 is 6.78. The summed E-state index contributed by atoms with van der Waals surface area (Å²) in [7, 11) is 1.58. The first-order valence-electron chi connectivity index (χ1n) is 7.16. The fourth-order valence-corrected chi connectivity index (χ4v) is 2.40. The van der Waals surface area contributed by atoms with Gasteiger partial charge in [0.05, 0.1) is 25.4 Å². The molecule has 116 valence electrons. The van der Waals surface area contributed by atoms with E-state index in [4.69, 9.17) is 4.74 Å². The van der Waals surface area contributed by atoms with Crippen LogP contribution in [0.1, 0.15) is 19.5 Å². The molecule has 2 rings (SSSR count). The van der Waals surface area contributed by atoms with Crippen molar-refractivity contribution in [3.05, 3.63) is 18.0 Å². The third kappa shape index (κ3) is 3.41. The van der Waals surface area contributed by atoms with Crippen LogP contribution in [0.4, 0.5) is 0 Å². The minimum absolute atomic E-state index is 0.0402. The molecule has 7 nitrogen and oxygen atoms in total. The SMILES string of the molecule is CCn1ccc(CN2C(=O)CN(CCOC)C(=O)[C@@H]2C)n1. The Balaban J connectivity index is 2.04. The van der Waals surface area contributed by atoms with Crippen molar-refractivity contribution in [1.82, 2.24) is 19.6 Å². The number of aryl methyl sites for hydroxylation is 1. The lowest BCUT2D eigenvalue weighted by atomic mass is 10.1. The van der Waals surface area contributed by atoms with E-state index in [1.165, 1.54) is 0 Å². The molecule has 0 aromatic carbocycles. The molecule has 1 aromatic heterocycles. The van der Waals surface area contributed by atoms with Crippen LogP contribution in [0.3, 0.4) is 0 Å². The monoisotopic (exact) mass is 294 g/mol. The number of hydrogen-bond acceptors (Lipinski definition) is 4. The predicted molar refractivity (Wildman–Crippen MR) is 76.4 cm³/mol. The van der Waals surface area contributed by atoms with Gasteiger partial charge in [0, 0.05) is 26.4 Å². The lowest BCUT2D eigenvalue weighted by molar-refractivity contribution is -0.156. The minimum Gasteiger partial charge on any atom is -0.383 e. The Hall–Kier alpha value is -1.89. The van der Waals surface area contributed by atoms with E-state index in [1.54, 1.807) is 28.5 Å². The minimum atomic E-state index is -0.463. The molecule has 1 aliphatic heterocycles. The van der Waals surface area contributed by atoms with Crippen LogP contribution in [0, 0.1) is 0 Å². The van der Waals surface area contributed by atoms with Crippen LogP contribution >= 0.6 is 0 Å². The van der Waals surface area contributed by atoms with Crippen molar-refractivity contribution in [3.63, 3.8) is 0 Å². The van der Waals surface area contributed by atoms with Crippen molar-refractivity contribution in [3.8, 4) is 0 Å². The normalized spacial score (nSPS) is 19.5. The standard InChI is InChI=1S/C14H22N4O3/c1-4-17-6-5-12(15-17)9-18-11(2)14(20)16(7-8-21-3)10-13(18)19/h5-6,11H,4,7-10H2,1-3H3/t11-/m0/s1. The zero-order valence-corrected chi connectivity index (χ0v) is 12.8. The van der Waals surface area contributed by atoms with Gasteiger partial charge in [0.25, 0.3) is 0 Å². The molecule has 1 aromatic rings. The first-order chi connectivity index (χ1) is 10.1. The first-order valence-corrected chi connectivity index (χ1v) is 7.16. The van der Waals surface area contributed by atoms with Gasteiger partial charge >= 0.3 is 0 Å². The summed E-state index contributed by atoms with van der Waals surface area (Å²) in [5.41, 5.74) is 0.801. The number of piperazine rings is 1. The Morgan fingerprint density at radius 1 is 1.43 bits per heavy atom. The number of carbonyl (C=O) groups is 2. The Kier molecular flexibility index (Phi) is 4.95. The lowest BCUT2D eigenvalue weighted by Crippen LogP contribution is -2.58. The van der Waals surface area contributed by atoms with Crippen LogP contribution < -0.4 is 0 Å². The molecular weight excluding hydrogens is 272 g/mol. The number of ether oxygens (including phenoxy) is 1. The molecule has 0 bridgehead atoms. The van der Waals surface area contributed by atoms with Gasteiger partial charge in [-0.3, -0.25) is 14.3 Å². The second-order valence-electron chi connectivity index (χ2n) is 5.11. The topological polar surface area (TPSA) is 67.7 Å². The van der Waals surface area contributed by atoms with Crippen LogP contribution in [-0.2, 0) is 27.4 Å². The number of aromatic nitrogens is 2. The van der Waals surface area contributed by atoms with Gasteiger partial charge in [-0.1, -0.05) is 0 Å². The summed E-state index contributed by atoms with van der Waals surface area (Å²) in [5, 5.41) is 4.36. The molecule has 0 spiro atoms. The average Bonchev–Trinajstić information content (AvgIpc) is 2.93. The molecule has 0 N–H and O–H groups in total. The number of hydrogen-bond donors (Lipinski definition) is 0. The Labute approximate surface area is 124 Å². The third-order valence-electron chi connectivity index (χ3n) is 3.70. The van der Waals surface area contributed by atoms with Crippen molar-refractivity contribution >= 4 is 11.8 Å². The largest absolute Gasteiger partial charge is 0.383 e. The van der Waals surface area contributed by atoms with E-state index in [0.717, 1.165) is 12.2 Å². The zero-order valence-electron chi connectivity index (χ0n) is 12.8. The molecule has 2 heterocycles. The van der Waals surface area contributed by atoms with Gasteiger partial charge in [-0.25, -0.2) is 0 Å². The van der Waals surface area contributed by atoms with Gasteiger partial charge < -0.3 is 14.5 Å². The number of rotatable bonds is 6. The molecule has 2 amide bonds. The van der Waals surface area contributed by atoms with E-state index < -0.39 is 6.04 Å². The average molecular weight is 294 g/mol. The number of methoxy groups -OCH3 is 1. The predicted octanol–water partition coefficient (Wildman–Crippen LogP) is 0.109. The first kappa shape index (κ1) is 15.5. The molecule has 7 heteroatoms. The highest BCUT2D eigenvalue weighted by Gasteiger charge is 2.36. The molecule has 1 saturated heterocycles. The maximum Gasteiger partial charge on any atom is 0.245 e. The second kappa shape index (κ2) is 6.71. The summed E-state index contributed by atoms with van der Waals surface area (Å²) in [6.07, 6.45) is 1.88. The Bertz CT molecular complexity index is 514. The maximum atomic E-state index is 12.3. The van der Waals surface area contributed by atoms with Gasteiger partial charge in [0.1, 0.15) is 6.04 Å². The molecule has 0 radical (unpaired) electrons. The highest BCUT2D eigenvalue weighted by molar-refractivity contribution is 5.94. The summed E-state index contributed by atoms with van der Waals surface area (Å²) in [4.78, 5) is 27.7. The third-order valence-corrected chi connectivity index (χ3v) is 3.70. The fourth-order valence-electron chi connectivity index (χ4n) is 2.40. The fraction of sp³-hybridized carbons (Fsp3) is 0.643. The van der Waals surface area contributed by atoms with Gasteiger partial charge in [-0.05, 0) is 19.9 Å². The smallest absolute Gasteiger partial charge is 0.245 e. The van der Waals surface area contributed by atoms with Gasteiger partial charge in [0.2, 0.25) is 11.8 Å². The van der Waals surface area contributed by atoms with Crippen molar-refractivity contribution in [2.75, 3.05) is 26.8 Å². The highest BCUT2D eigenvalue weighted by Crippen LogP contribution is 2.15. The van der Waals surface area contributed by atoms with Crippen molar-refractivity contribution < 1.29 is 14.3 Å². The number of amides is 2. The van der Waals surface area contributed by atoms with E-state index in [0.29, 0.717) is 19.7 Å². The highest BCUT2D eigenvalue weighted by atomic mass is 16.5. The van der Waals surface area contributed by atoms with Crippen LogP contribution in [0.5, 0.6) is 0 Å². The molecule has 0 unspecified atom stereocenters. The van der Waals surface area contributed by atoms with Gasteiger partial charge in [-0.15, -0.1) is 0 Å². The summed E-state index contributed by atoms with van der Waals surface area (Å²) in [5.74, 6) is -0.0918. The molecular formula is C14H22N4O3. The Morgan fingerprint density at radius 2 is 2.19 bits per heavy atom. The van der Waals surface area contributed by atoms with Crippen molar-refractivity contribution in [1.29, 1.82) is 0 Å². The molecule has 1 atom stereocenters. The number of carbonyl (C=O) groups excluding carboxylic acids is 2. The van der Waals surface area contributed by atoms with E-state index >= 15 is 0 Å². The van der Waals surface area contributed by atoms with E-state index in [1.807, 2.05) is 19.2 Å². The van der Waals surface area contributed by atoms with Crippen LogP contribution in [0.25, 0.3) is 0 Å². The summed E-state index contributed by atoms with van der Waals surface area (Å²) in [6, 6.07) is 1.42. The zero-order chi connectivity index (χ0) is 15.4. The Morgan fingerprint density at radius 3 is 2.81 bits per heavy atom. The van der Waals surface area contributed by atoms with Gasteiger partial charge in [-0.2, -0.15) is 5.10 Å².